The number of carboxylic acids is 1. The average molecular weight is 370 g/mol. The van der Waals surface area contributed by atoms with E-state index >= 15 is 0 Å². The van der Waals surface area contributed by atoms with Gasteiger partial charge in [-0.1, -0.05) is 17.7 Å². The van der Waals surface area contributed by atoms with Gasteiger partial charge >= 0.3 is 5.97 Å². The molecule has 0 aliphatic carbocycles. The van der Waals surface area contributed by atoms with Crippen molar-refractivity contribution in [3.63, 3.8) is 0 Å². The minimum absolute atomic E-state index is 0.0218. The zero-order valence-corrected chi connectivity index (χ0v) is 14.5. The molecule has 0 unspecified atom stereocenters. The number of nitrogens with one attached hydrogen (secondary N) is 3. The van der Waals surface area contributed by atoms with E-state index in [0.29, 0.717) is 6.42 Å². The molecule has 11 heteroatoms. The smallest absolute Gasteiger partial charge is 0.321 e. The van der Waals surface area contributed by atoms with Crippen molar-refractivity contribution >= 4 is 28.0 Å². The molecule has 1 atom stereocenters. The first-order valence-electron chi connectivity index (χ1n) is 7.09. The summed E-state index contributed by atoms with van der Waals surface area (Å²) >= 11 is 0. The molecule has 0 amide bonds. The Bertz CT molecular complexity index is 720. The van der Waals surface area contributed by atoms with Crippen LogP contribution >= 0.6 is 0 Å². The molecule has 10 nitrogen and oxygen atoms in total. The predicted octanol–water partition coefficient (Wildman–Crippen LogP) is 0.0980. The van der Waals surface area contributed by atoms with E-state index < -0.39 is 22.0 Å². The van der Waals surface area contributed by atoms with Crippen LogP contribution in [0.5, 0.6) is 0 Å². The Kier molecular flexibility index (Phi) is 9.72. The molecule has 0 aliphatic rings. The Morgan fingerprint density at radius 2 is 1.84 bits per heavy atom. The molecular formula is C14H22N6O4S. The monoisotopic (exact) mass is 370 g/mol. The molecular weight excluding hydrogens is 348 g/mol. The number of aryl methyl sites for hydroxylation is 1. The molecule has 0 radical (unpaired) electrons. The highest BCUT2D eigenvalue weighted by atomic mass is 32.2. The van der Waals surface area contributed by atoms with Crippen molar-refractivity contribution < 1.29 is 18.3 Å². The Morgan fingerprint density at radius 1 is 1.32 bits per heavy atom. The minimum Gasteiger partial charge on any atom is -0.480 e. The maximum atomic E-state index is 12.2. The van der Waals surface area contributed by atoms with E-state index in [4.69, 9.17) is 27.4 Å². The van der Waals surface area contributed by atoms with Crippen LogP contribution < -0.4 is 16.2 Å². The average Bonchev–Trinajstić information content (AvgIpc) is 2.51. The van der Waals surface area contributed by atoms with Gasteiger partial charge < -0.3 is 16.6 Å². The number of nitrogens with two attached hydrogens (primary N) is 2. The van der Waals surface area contributed by atoms with Crippen molar-refractivity contribution in [1.29, 1.82) is 10.8 Å². The number of nitrogens with zero attached hydrogens (tertiary/aromatic N) is 1. The first-order chi connectivity index (χ1) is 11.6. The third-order valence-electron chi connectivity index (χ3n) is 2.87. The Labute approximate surface area is 146 Å². The first kappa shape index (κ1) is 22.2. The quantitative estimate of drug-likeness (QED) is 0.213. The summed E-state index contributed by atoms with van der Waals surface area (Å²) in [5.74, 6) is -1.34. The molecule has 0 spiro atoms. The van der Waals surface area contributed by atoms with Crippen molar-refractivity contribution in [2.75, 3.05) is 6.54 Å². The first-order valence-corrected chi connectivity index (χ1v) is 8.58. The lowest BCUT2D eigenvalue weighted by atomic mass is 10.2. The van der Waals surface area contributed by atoms with Gasteiger partial charge in [0.25, 0.3) is 0 Å². The maximum absolute atomic E-state index is 12.2. The Morgan fingerprint density at radius 3 is 2.28 bits per heavy atom. The summed E-state index contributed by atoms with van der Waals surface area (Å²) in [5, 5.41) is 20.4. The largest absolute Gasteiger partial charge is 0.480 e. The van der Waals surface area contributed by atoms with E-state index in [9.17, 15) is 13.2 Å². The number of guanidine groups is 1. The maximum Gasteiger partial charge on any atom is 0.321 e. The second kappa shape index (κ2) is 10.9. The van der Waals surface area contributed by atoms with E-state index in [1.165, 1.54) is 18.1 Å². The number of aliphatic carboxylic acids is 1. The molecule has 1 rings (SSSR count). The fourth-order valence-electron chi connectivity index (χ4n) is 1.71. The van der Waals surface area contributed by atoms with E-state index in [-0.39, 0.29) is 23.8 Å². The van der Waals surface area contributed by atoms with Gasteiger partial charge in [-0.3, -0.25) is 9.79 Å². The fourth-order valence-corrected chi connectivity index (χ4v) is 2.93. The highest BCUT2D eigenvalue weighted by Gasteiger charge is 2.24. The summed E-state index contributed by atoms with van der Waals surface area (Å²) in [5.41, 5.74) is 11.2. The summed E-state index contributed by atoms with van der Waals surface area (Å²) < 4.78 is 26.5. The van der Waals surface area contributed by atoms with E-state index in [2.05, 4.69) is 9.71 Å². The van der Waals surface area contributed by atoms with Crippen LogP contribution in [0.2, 0.25) is 0 Å². The van der Waals surface area contributed by atoms with Crippen LogP contribution in [0.3, 0.4) is 0 Å². The molecule has 0 fully saturated rings. The van der Waals surface area contributed by atoms with Crippen LogP contribution in [0.1, 0.15) is 18.4 Å². The number of carboxylic acid groups (broad SMARTS) is 1. The van der Waals surface area contributed by atoms with Gasteiger partial charge in [-0.25, -0.2) is 19.2 Å². The van der Waals surface area contributed by atoms with Crippen molar-refractivity contribution in [3.05, 3.63) is 29.8 Å². The summed E-state index contributed by atoms with van der Waals surface area (Å²) in [4.78, 5) is 14.9. The standard InChI is InChI=1S/C13H20N4O4S.CH2N2/c1-9-4-6-10(7-5-9)22(20,21)17-11(12(18)19)3-2-8-16-13(14)15;2-1-3/h4-7,11,17H,2-3,8H2,1H3,(H,18,19)(H4,14,15,16);2-3H/t11-;/m0./s1. The van der Waals surface area contributed by atoms with Crippen LogP contribution in [0, 0.1) is 17.7 Å². The third kappa shape index (κ3) is 9.20. The van der Waals surface area contributed by atoms with Crippen LogP contribution in [-0.4, -0.2) is 44.0 Å². The van der Waals surface area contributed by atoms with E-state index in [1.54, 1.807) is 12.1 Å². The number of aliphatic imine (C=N–C) groups is 1. The fraction of sp³-hybridized carbons (Fsp3) is 0.357. The van der Waals surface area contributed by atoms with Crippen molar-refractivity contribution in [1.82, 2.24) is 4.72 Å². The Balaban J connectivity index is 0.00000178. The predicted molar refractivity (Wildman–Crippen MR) is 93.3 cm³/mol. The molecule has 1 aromatic carbocycles. The number of sulfonamides is 1. The highest BCUT2D eigenvalue weighted by Crippen LogP contribution is 2.12. The lowest BCUT2D eigenvalue weighted by Gasteiger charge is -2.14. The lowest BCUT2D eigenvalue weighted by Crippen LogP contribution is -2.40. The summed E-state index contributed by atoms with van der Waals surface area (Å²) in [6.45, 7) is 2.06. The van der Waals surface area contributed by atoms with Gasteiger partial charge in [0.2, 0.25) is 10.0 Å². The van der Waals surface area contributed by atoms with E-state index in [1.807, 2.05) is 6.92 Å². The van der Waals surface area contributed by atoms with Gasteiger partial charge in [0, 0.05) is 6.54 Å². The van der Waals surface area contributed by atoms with Crippen LogP contribution in [-0.2, 0) is 14.8 Å². The SMILES string of the molecule is Cc1ccc(S(=O)(=O)N[C@@H](CCCN=C(N)N)C(=O)O)cc1.N=C=N. The number of rotatable bonds is 8. The molecule has 0 bridgehead atoms. The normalized spacial score (nSPS) is 11.4. The van der Waals surface area contributed by atoms with Gasteiger partial charge in [-0.2, -0.15) is 4.72 Å². The van der Waals surface area contributed by atoms with Crippen LogP contribution in [0.4, 0.5) is 0 Å². The second-order valence-corrected chi connectivity index (χ2v) is 6.61. The zero-order valence-electron chi connectivity index (χ0n) is 13.7. The number of benzene rings is 1. The zero-order chi connectivity index (χ0) is 19.5. The summed E-state index contributed by atoms with van der Waals surface area (Å²) in [6.07, 6.45) is 0.419. The van der Waals surface area contributed by atoms with Crippen LogP contribution in [0.25, 0.3) is 0 Å². The van der Waals surface area contributed by atoms with E-state index in [0.717, 1.165) is 5.56 Å². The van der Waals surface area contributed by atoms with Gasteiger partial charge in [-0.15, -0.1) is 0 Å². The van der Waals surface area contributed by atoms with Crippen molar-refractivity contribution in [2.45, 2.75) is 30.7 Å². The molecule has 0 aliphatic heterocycles. The molecule has 8 N–H and O–H groups in total. The molecule has 25 heavy (non-hydrogen) atoms. The summed E-state index contributed by atoms with van der Waals surface area (Å²) in [7, 11) is -3.89. The molecule has 138 valence electrons. The lowest BCUT2D eigenvalue weighted by molar-refractivity contribution is -0.139. The minimum atomic E-state index is -3.89. The number of hydrogen-bond acceptors (Lipinski definition) is 6. The molecule has 0 saturated carbocycles. The second-order valence-electron chi connectivity index (χ2n) is 4.90. The topological polar surface area (TPSA) is 196 Å². The van der Waals surface area contributed by atoms with Crippen LogP contribution in [0.15, 0.2) is 34.2 Å². The van der Waals surface area contributed by atoms with Crippen molar-refractivity contribution in [3.8, 4) is 0 Å². The van der Waals surface area contributed by atoms with Gasteiger partial charge in [0.05, 0.1) is 10.9 Å². The molecule has 0 aromatic heterocycles. The Hall–Kier alpha value is -2.75. The molecule has 0 heterocycles. The van der Waals surface area contributed by atoms with Gasteiger partial charge in [-0.05, 0) is 31.9 Å². The molecule has 1 aromatic rings. The van der Waals surface area contributed by atoms with Gasteiger partial charge in [0.15, 0.2) is 5.96 Å². The summed E-state index contributed by atoms with van der Waals surface area (Å²) in [6, 6.07) is 6.15. The molecule has 0 saturated heterocycles. The third-order valence-corrected chi connectivity index (χ3v) is 4.36. The number of carbonyl (C=O) groups is 1. The number of hydrogen-bond donors (Lipinski definition) is 6. The van der Waals surface area contributed by atoms with Crippen molar-refractivity contribution in [2.24, 2.45) is 16.5 Å². The van der Waals surface area contributed by atoms with Gasteiger partial charge in [0.1, 0.15) is 6.04 Å². The highest BCUT2D eigenvalue weighted by molar-refractivity contribution is 7.89.